The first-order valence-electron chi connectivity index (χ1n) is 6.83. The van der Waals surface area contributed by atoms with E-state index in [1.54, 1.807) is 0 Å². The summed E-state index contributed by atoms with van der Waals surface area (Å²) in [5.74, 6) is -0.448. The zero-order chi connectivity index (χ0) is 14.8. The van der Waals surface area contributed by atoms with Crippen LogP contribution in [0, 0.1) is 0 Å². The van der Waals surface area contributed by atoms with Crippen LogP contribution in [0.15, 0.2) is 40.9 Å². The molecule has 1 amide bonds. The highest BCUT2D eigenvalue weighted by Crippen LogP contribution is 2.30. The molecular weight excluding hydrogens is 330 g/mol. The number of benzene rings is 2. The molecule has 0 unspecified atom stereocenters. The lowest BCUT2D eigenvalue weighted by atomic mass is 9.98. The molecule has 21 heavy (non-hydrogen) atoms. The van der Waals surface area contributed by atoms with Gasteiger partial charge in [-0.05, 0) is 58.2 Å². The Kier molecular flexibility index (Phi) is 3.94. The smallest absolute Gasteiger partial charge is 0.251 e. The molecule has 5 heteroatoms. The van der Waals surface area contributed by atoms with Crippen LogP contribution in [0.1, 0.15) is 21.5 Å². The number of carbonyl (C=O) groups is 1. The molecule has 4 N–H and O–H groups in total. The standard InChI is InChI=1S/C16H16BrN3O/c17-12-4-2-6-14(15(12)16(18)21)20-13-5-1-3-10-9-19-8-7-11(10)13/h1-6,19-20H,7-9H2,(H2,18,21). The predicted molar refractivity (Wildman–Crippen MR) is 87.8 cm³/mol. The predicted octanol–water partition coefficient (Wildman–Crippen LogP) is 2.94. The van der Waals surface area contributed by atoms with Gasteiger partial charge < -0.3 is 16.4 Å². The van der Waals surface area contributed by atoms with Crippen LogP contribution in [0.5, 0.6) is 0 Å². The van der Waals surface area contributed by atoms with Crippen molar-refractivity contribution in [1.82, 2.24) is 5.32 Å². The van der Waals surface area contributed by atoms with Crippen LogP contribution in [0.3, 0.4) is 0 Å². The Balaban J connectivity index is 2.02. The molecule has 3 rings (SSSR count). The van der Waals surface area contributed by atoms with Gasteiger partial charge in [-0.2, -0.15) is 0 Å². The third-order valence-electron chi connectivity index (χ3n) is 3.67. The van der Waals surface area contributed by atoms with E-state index in [9.17, 15) is 4.79 Å². The van der Waals surface area contributed by atoms with Gasteiger partial charge in [-0.15, -0.1) is 0 Å². The summed E-state index contributed by atoms with van der Waals surface area (Å²) in [5.41, 5.74) is 10.3. The molecule has 4 nitrogen and oxygen atoms in total. The summed E-state index contributed by atoms with van der Waals surface area (Å²) in [6.45, 7) is 1.85. The Bertz CT molecular complexity index is 700. The minimum absolute atomic E-state index is 0.448. The van der Waals surface area contributed by atoms with Gasteiger partial charge in [-0.3, -0.25) is 4.79 Å². The van der Waals surface area contributed by atoms with Gasteiger partial charge in [0.2, 0.25) is 0 Å². The van der Waals surface area contributed by atoms with E-state index < -0.39 is 5.91 Å². The number of rotatable bonds is 3. The van der Waals surface area contributed by atoms with E-state index in [0.29, 0.717) is 10.0 Å². The summed E-state index contributed by atoms with van der Waals surface area (Å²) < 4.78 is 0.700. The quantitative estimate of drug-likeness (QED) is 0.801. The third-order valence-corrected chi connectivity index (χ3v) is 4.33. The number of nitrogens with one attached hydrogen (secondary N) is 2. The molecule has 0 saturated carbocycles. The maximum atomic E-state index is 11.7. The van der Waals surface area contributed by atoms with Gasteiger partial charge in [0.15, 0.2) is 0 Å². The fourth-order valence-electron chi connectivity index (χ4n) is 2.67. The molecule has 0 saturated heterocycles. The van der Waals surface area contributed by atoms with Gasteiger partial charge in [-0.1, -0.05) is 18.2 Å². The van der Waals surface area contributed by atoms with Crippen LogP contribution < -0.4 is 16.4 Å². The van der Waals surface area contributed by atoms with E-state index in [1.165, 1.54) is 11.1 Å². The van der Waals surface area contributed by atoms with E-state index in [4.69, 9.17) is 5.73 Å². The Morgan fingerprint density at radius 2 is 1.95 bits per heavy atom. The molecule has 1 aliphatic rings. The van der Waals surface area contributed by atoms with Crippen LogP contribution in [-0.4, -0.2) is 12.5 Å². The van der Waals surface area contributed by atoms with E-state index in [2.05, 4.69) is 32.6 Å². The fraction of sp³-hybridized carbons (Fsp3) is 0.188. The maximum absolute atomic E-state index is 11.7. The molecule has 1 heterocycles. The number of hydrogen-bond acceptors (Lipinski definition) is 3. The molecule has 0 fully saturated rings. The minimum Gasteiger partial charge on any atom is -0.365 e. The molecule has 0 radical (unpaired) electrons. The van der Waals surface area contributed by atoms with Crippen LogP contribution in [0.25, 0.3) is 0 Å². The van der Waals surface area contributed by atoms with E-state index in [1.807, 2.05) is 30.3 Å². The Hall–Kier alpha value is -1.85. The second-order valence-electron chi connectivity index (χ2n) is 5.02. The van der Waals surface area contributed by atoms with Crippen LogP contribution in [0.4, 0.5) is 11.4 Å². The van der Waals surface area contributed by atoms with E-state index >= 15 is 0 Å². The van der Waals surface area contributed by atoms with Crippen molar-refractivity contribution in [3.63, 3.8) is 0 Å². The highest BCUT2D eigenvalue weighted by molar-refractivity contribution is 9.10. The number of fused-ring (bicyclic) bond motifs is 1. The van der Waals surface area contributed by atoms with E-state index in [-0.39, 0.29) is 0 Å². The van der Waals surface area contributed by atoms with Gasteiger partial charge in [0.25, 0.3) is 5.91 Å². The lowest BCUT2D eigenvalue weighted by Crippen LogP contribution is -2.24. The Morgan fingerprint density at radius 3 is 2.76 bits per heavy atom. The van der Waals surface area contributed by atoms with Crippen LogP contribution >= 0.6 is 15.9 Å². The Morgan fingerprint density at radius 1 is 1.19 bits per heavy atom. The third kappa shape index (κ3) is 2.80. The topological polar surface area (TPSA) is 67.2 Å². The number of amides is 1. The van der Waals surface area contributed by atoms with Crippen molar-refractivity contribution in [2.45, 2.75) is 13.0 Å². The Labute approximate surface area is 131 Å². The average Bonchev–Trinajstić information content (AvgIpc) is 2.47. The first kappa shape index (κ1) is 14.1. The van der Waals surface area contributed by atoms with Crippen molar-refractivity contribution >= 4 is 33.2 Å². The lowest BCUT2D eigenvalue weighted by molar-refractivity contribution is 0.100. The first-order valence-corrected chi connectivity index (χ1v) is 7.63. The number of halogens is 1. The van der Waals surface area contributed by atoms with Crippen molar-refractivity contribution in [3.05, 3.63) is 57.6 Å². The van der Waals surface area contributed by atoms with Crippen LogP contribution in [-0.2, 0) is 13.0 Å². The summed E-state index contributed by atoms with van der Waals surface area (Å²) in [7, 11) is 0. The summed E-state index contributed by atoms with van der Waals surface area (Å²) in [6.07, 6.45) is 0.971. The minimum atomic E-state index is -0.448. The molecule has 0 aliphatic carbocycles. The average molecular weight is 346 g/mol. The van der Waals surface area contributed by atoms with Crippen molar-refractivity contribution in [2.24, 2.45) is 5.73 Å². The van der Waals surface area contributed by atoms with Crippen LogP contribution in [0.2, 0.25) is 0 Å². The number of primary amides is 1. The van der Waals surface area contributed by atoms with Crippen molar-refractivity contribution in [2.75, 3.05) is 11.9 Å². The van der Waals surface area contributed by atoms with Gasteiger partial charge in [-0.25, -0.2) is 0 Å². The molecule has 108 valence electrons. The SMILES string of the molecule is NC(=O)c1c(Br)cccc1Nc1cccc2c1CCNC2. The molecule has 0 aromatic heterocycles. The van der Waals surface area contributed by atoms with Crippen molar-refractivity contribution < 1.29 is 4.79 Å². The molecule has 2 aromatic carbocycles. The van der Waals surface area contributed by atoms with Gasteiger partial charge in [0.1, 0.15) is 0 Å². The zero-order valence-electron chi connectivity index (χ0n) is 11.4. The molecule has 0 bridgehead atoms. The largest absolute Gasteiger partial charge is 0.365 e. The highest BCUT2D eigenvalue weighted by Gasteiger charge is 2.16. The summed E-state index contributed by atoms with van der Waals surface area (Å²) in [4.78, 5) is 11.7. The molecule has 0 atom stereocenters. The number of hydrogen-bond donors (Lipinski definition) is 3. The molecule has 0 spiro atoms. The lowest BCUT2D eigenvalue weighted by Gasteiger charge is -2.21. The van der Waals surface area contributed by atoms with Gasteiger partial charge >= 0.3 is 0 Å². The monoisotopic (exact) mass is 345 g/mol. The van der Waals surface area contributed by atoms with E-state index in [0.717, 1.165) is 30.9 Å². The second-order valence-corrected chi connectivity index (χ2v) is 5.88. The summed E-state index contributed by atoms with van der Waals surface area (Å²) in [5, 5.41) is 6.73. The fourth-order valence-corrected chi connectivity index (χ4v) is 3.23. The normalized spacial score (nSPS) is 13.6. The summed E-state index contributed by atoms with van der Waals surface area (Å²) >= 11 is 3.39. The zero-order valence-corrected chi connectivity index (χ0v) is 13.0. The molecule has 2 aromatic rings. The molecule has 1 aliphatic heterocycles. The number of anilines is 2. The summed E-state index contributed by atoms with van der Waals surface area (Å²) in [6, 6.07) is 11.8. The van der Waals surface area contributed by atoms with Crippen molar-refractivity contribution in [3.8, 4) is 0 Å². The molecular formula is C16H16BrN3O. The maximum Gasteiger partial charge on any atom is 0.251 e. The number of nitrogens with two attached hydrogens (primary N) is 1. The highest BCUT2D eigenvalue weighted by atomic mass is 79.9. The second kappa shape index (κ2) is 5.87. The van der Waals surface area contributed by atoms with Gasteiger partial charge in [0, 0.05) is 16.7 Å². The first-order chi connectivity index (χ1) is 10.2. The van der Waals surface area contributed by atoms with Crippen molar-refractivity contribution in [1.29, 1.82) is 0 Å². The van der Waals surface area contributed by atoms with Gasteiger partial charge in [0.05, 0.1) is 11.3 Å². The number of carbonyl (C=O) groups excluding carboxylic acids is 1.